The van der Waals surface area contributed by atoms with Gasteiger partial charge in [0.2, 0.25) is 0 Å². The Morgan fingerprint density at radius 3 is 2.30 bits per heavy atom. The second-order valence-electron chi connectivity index (χ2n) is 6.08. The van der Waals surface area contributed by atoms with Crippen molar-refractivity contribution in [1.82, 2.24) is 9.97 Å². The van der Waals surface area contributed by atoms with E-state index >= 15 is 0 Å². The van der Waals surface area contributed by atoms with E-state index in [1.807, 2.05) is 0 Å². The zero-order valence-electron chi connectivity index (χ0n) is 15.8. The number of esters is 1. The van der Waals surface area contributed by atoms with E-state index in [1.54, 1.807) is 31.2 Å². The van der Waals surface area contributed by atoms with Crippen LogP contribution in [0, 0.1) is 0 Å². The van der Waals surface area contributed by atoms with E-state index in [2.05, 4.69) is 20.6 Å². The second kappa shape index (κ2) is 8.68. The smallest absolute Gasteiger partial charge is 0.418 e. The van der Waals surface area contributed by atoms with Gasteiger partial charge in [-0.1, -0.05) is 12.1 Å². The van der Waals surface area contributed by atoms with Crippen LogP contribution in [0.5, 0.6) is 0 Å². The molecule has 2 aromatic carbocycles. The molecule has 10 heteroatoms. The predicted octanol–water partition coefficient (Wildman–Crippen LogP) is 4.74. The highest BCUT2D eigenvalue weighted by molar-refractivity contribution is 5.90. The van der Waals surface area contributed by atoms with Crippen LogP contribution in [0.15, 0.2) is 54.9 Å². The zero-order valence-corrected chi connectivity index (χ0v) is 15.8. The lowest BCUT2D eigenvalue weighted by atomic mass is 10.1. The molecule has 0 bridgehead atoms. The summed E-state index contributed by atoms with van der Waals surface area (Å²) < 4.78 is 44.5. The Morgan fingerprint density at radius 1 is 1.03 bits per heavy atom. The molecular weight excluding hydrogens is 399 g/mol. The first-order chi connectivity index (χ1) is 14.3. The molecule has 1 heterocycles. The molecule has 0 aliphatic heterocycles. The summed E-state index contributed by atoms with van der Waals surface area (Å²) in [6.45, 7) is 1.98. The number of benzene rings is 2. The van der Waals surface area contributed by atoms with Gasteiger partial charge in [0, 0.05) is 5.69 Å². The van der Waals surface area contributed by atoms with E-state index in [4.69, 9.17) is 10.5 Å². The van der Waals surface area contributed by atoms with E-state index < -0.39 is 17.7 Å². The minimum Gasteiger partial charge on any atom is -0.462 e. The van der Waals surface area contributed by atoms with E-state index in [1.165, 1.54) is 24.5 Å². The number of halogens is 3. The molecule has 7 nitrogen and oxygen atoms in total. The summed E-state index contributed by atoms with van der Waals surface area (Å²) in [4.78, 5) is 19.7. The number of carbonyl (C=O) groups is 1. The summed E-state index contributed by atoms with van der Waals surface area (Å²) in [5.41, 5.74) is 6.00. The standard InChI is InChI=1S/C20H18F3N5O2/c1-2-30-19(29)12-7-9-13(10-8-12)27-17-16(24)18(26-11-25-17)28-15-6-4-3-5-14(15)20(21,22)23/h3-11H,2,24H2,1H3,(H2,25,26,27,28). The average Bonchev–Trinajstić information content (AvgIpc) is 2.71. The number of carbonyl (C=O) groups excluding carboxylic acids is 1. The molecule has 0 spiro atoms. The lowest BCUT2D eigenvalue weighted by Crippen LogP contribution is -2.10. The van der Waals surface area contributed by atoms with Gasteiger partial charge in [-0.05, 0) is 43.3 Å². The largest absolute Gasteiger partial charge is 0.462 e. The number of nitrogen functional groups attached to an aromatic ring is 1. The number of ether oxygens (including phenoxy) is 1. The number of nitrogens with one attached hydrogen (secondary N) is 2. The Kier molecular flexibility index (Phi) is 6.05. The molecule has 1 aromatic heterocycles. The summed E-state index contributed by atoms with van der Waals surface area (Å²) >= 11 is 0. The van der Waals surface area contributed by atoms with Crippen LogP contribution in [0.1, 0.15) is 22.8 Å². The molecule has 3 aromatic rings. The van der Waals surface area contributed by atoms with Crippen molar-refractivity contribution in [3.8, 4) is 0 Å². The van der Waals surface area contributed by atoms with Gasteiger partial charge in [-0.3, -0.25) is 0 Å². The monoisotopic (exact) mass is 417 g/mol. The topological polar surface area (TPSA) is 102 Å². The van der Waals surface area contributed by atoms with Gasteiger partial charge in [-0.25, -0.2) is 14.8 Å². The summed E-state index contributed by atoms with van der Waals surface area (Å²) in [7, 11) is 0. The van der Waals surface area contributed by atoms with Crippen molar-refractivity contribution in [3.05, 3.63) is 66.0 Å². The summed E-state index contributed by atoms with van der Waals surface area (Å²) in [6.07, 6.45) is -3.36. The zero-order chi connectivity index (χ0) is 21.7. The molecule has 0 saturated carbocycles. The van der Waals surface area contributed by atoms with Gasteiger partial charge in [0.15, 0.2) is 11.6 Å². The van der Waals surface area contributed by atoms with E-state index in [9.17, 15) is 18.0 Å². The first-order valence-electron chi connectivity index (χ1n) is 8.87. The molecule has 0 aliphatic rings. The van der Waals surface area contributed by atoms with Gasteiger partial charge in [0.25, 0.3) is 0 Å². The number of anilines is 5. The maximum absolute atomic E-state index is 13.2. The third-order valence-electron chi connectivity index (χ3n) is 4.03. The quantitative estimate of drug-likeness (QED) is 0.498. The van der Waals surface area contributed by atoms with Crippen LogP contribution in [-0.2, 0) is 10.9 Å². The molecule has 0 radical (unpaired) electrons. The van der Waals surface area contributed by atoms with Gasteiger partial charge in [0.05, 0.1) is 23.4 Å². The maximum atomic E-state index is 13.2. The molecule has 0 unspecified atom stereocenters. The lowest BCUT2D eigenvalue weighted by Gasteiger charge is -2.16. The fraction of sp³-hybridized carbons (Fsp3) is 0.150. The van der Waals surface area contributed by atoms with Crippen molar-refractivity contribution < 1.29 is 22.7 Å². The average molecular weight is 417 g/mol. The third kappa shape index (κ3) is 4.77. The lowest BCUT2D eigenvalue weighted by molar-refractivity contribution is -0.136. The number of rotatable bonds is 6. The van der Waals surface area contributed by atoms with Gasteiger partial charge >= 0.3 is 12.1 Å². The van der Waals surface area contributed by atoms with Crippen molar-refractivity contribution in [1.29, 1.82) is 0 Å². The van der Waals surface area contributed by atoms with Crippen molar-refractivity contribution in [2.75, 3.05) is 23.0 Å². The predicted molar refractivity (Wildman–Crippen MR) is 107 cm³/mol. The number of hydrogen-bond acceptors (Lipinski definition) is 7. The first kappa shape index (κ1) is 20.9. The minimum absolute atomic E-state index is 0.0207. The number of nitrogens with two attached hydrogens (primary N) is 1. The molecule has 0 saturated heterocycles. The van der Waals surface area contributed by atoms with Crippen LogP contribution in [0.4, 0.5) is 41.9 Å². The second-order valence-corrected chi connectivity index (χ2v) is 6.08. The Morgan fingerprint density at radius 2 is 1.67 bits per heavy atom. The Labute approximate surface area is 170 Å². The highest BCUT2D eigenvalue weighted by Crippen LogP contribution is 2.37. The minimum atomic E-state index is -4.53. The maximum Gasteiger partial charge on any atom is 0.418 e. The fourth-order valence-corrected chi connectivity index (χ4v) is 2.60. The number of alkyl halides is 3. The van der Waals surface area contributed by atoms with E-state index in [0.717, 1.165) is 6.07 Å². The van der Waals surface area contributed by atoms with E-state index in [0.29, 0.717) is 11.3 Å². The van der Waals surface area contributed by atoms with Crippen LogP contribution < -0.4 is 16.4 Å². The van der Waals surface area contributed by atoms with Crippen molar-refractivity contribution in [3.63, 3.8) is 0 Å². The normalized spacial score (nSPS) is 11.1. The van der Waals surface area contributed by atoms with Gasteiger partial charge in [-0.2, -0.15) is 13.2 Å². The van der Waals surface area contributed by atoms with Crippen LogP contribution in [-0.4, -0.2) is 22.5 Å². The van der Waals surface area contributed by atoms with Crippen LogP contribution in [0.3, 0.4) is 0 Å². The molecule has 30 heavy (non-hydrogen) atoms. The fourth-order valence-electron chi connectivity index (χ4n) is 2.60. The van der Waals surface area contributed by atoms with Gasteiger partial charge < -0.3 is 21.1 Å². The number of aromatic nitrogens is 2. The van der Waals surface area contributed by atoms with Gasteiger partial charge in [-0.15, -0.1) is 0 Å². The Bertz CT molecular complexity index is 1040. The van der Waals surface area contributed by atoms with Crippen molar-refractivity contribution >= 4 is 34.7 Å². The first-order valence-corrected chi connectivity index (χ1v) is 8.87. The summed E-state index contributed by atoms with van der Waals surface area (Å²) in [6, 6.07) is 11.4. The van der Waals surface area contributed by atoms with Crippen LogP contribution >= 0.6 is 0 Å². The number of nitrogens with zero attached hydrogens (tertiary/aromatic N) is 2. The molecule has 4 N–H and O–H groups in total. The number of para-hydroxylation sites is 1. The summed E-state index contributed by atoms with van der Waals surface area (Å²) in [5.74, 6) is -0.228. The molecular formula is C20H18F3N5O2. The van der Waals surface area contributed by atoms with Crippen molar-refractivity contribution in [2.24, 2.45) is 0 Å². The Hall–Kier alpha value is -3.82. The van der Waals surface area contributed by atoms with Crippen LogP contribution in [0.2, 0.25) is 0 Å². The molecule has 0 aliphatic carbocycles. The molecule has 156 valence electrons. The molecule has 3 rings (SSSR count). The highest BCUT2D eigenvalue weighted by atomic mass is 19.4. The highest BCUT2D eigenvalue weighted by Gasteiger charge is 2.33. The number of hydrogen-bond donors (Lipinski definition) is 3. The SMILES string of the molecule is CCOC(=O)c1ccc(Nc2ncnc(Nc3ccccc3C(F)(F)F)c2N)cc1. The third-order valence-corrected chi connectivity index (χ3v) is 4.03. The van der Waals surface area contributed by atoms with E-state index in [-0.39, 0.29) is 29.6 Å². The molecule has 0 amide bonds. The van der Waals surface area contributed by atoms with Crippen LogP contribution in [0.25, 0.3) is 0 Å². The summed E-state index contributed by atoms with van der Waals surface area (Å²) in [5, 5.41) is 5.57. The Balaban J connectivity index is 1.82. The molecule has 0 atom stereocenters. The van der Waals surface area contributed by atoms with Gasteiger partial charge in [0.1, 0.15) is 12.0 Å². The van der Waals surface area contributed by atoms with Crippen molar-refractivity contribution in [2.45, 2.75) is 13.1 Å². The molecule has 0 fully saturated rings.